The van der Waals surface area contributed by atoms with E-state index in [0.29, 0.717) is 22.9 Å². The van der Waals surface area contributed by atoms with Crippen LogP contribution in [0, 0.1) is 0 Å². The van der Waals surface area contributed by atoms with Gasteiger partial charge in [0.2, 0.25) is 0 Å². The maximum Gasteiger partial charge on any atom is 0.303 e. The number of hydrogen-bond acceptors (Lipinski definition) is 3. The van der Waals surface area contributed by atoms with E-state index in [0.717, 1.165) is 0 Å². The van der Waals surface area contributed by atoms with Crippen LogP contribution in [0.25, 0.3) is 0 Å². The molecular formula is C10H12ClNO3S. The van der Waals surface area contributed by atoms with Gasteiger partial charge in [-0.1, -0.05) is 11.6 Å². The molecule has 0 radical (unpaired) electrons. The van der Waals surface area contributed by atoms with Gasteiger partial charge in [0, 0.05) is 20.0 Å². The maximum absolute atomic E-state index is 11.8. The number of carbonyl (C=O) groups excluding carboxylic acids is 1. The number of halogens is 1. The minimum absolute atomic E-state index is 0.0653. The highest BCUT2D eigenvalue weighted by atomic mass is 35.5. The van der Waals surface area contributed by atoms with E-state index in [2.05, 4.69) is 0 Å². The van der Waals surface area contributed by atoms with Crippen molar-refractivity contribution in [1.29, 1.82) is 0 Å². The number of carboxylic acids is 1. The van der Waals surface area contributed by atoms with Gasteiger partial charge >= 0.3 is 5.97 Å². The molecule has 0 atom stereocenters. The molecule has 0 fully saturated rings. The van der Waals surface area contributed by atoms with Crippen LogP contribution in [-0.2, 0) is 4.79 Å². The third kappa shape index (κ3) is 3.50. The zero-order chi connectivity index (χ0) is 12.1. The molecule has 1 aromatic heterocycles. The van der Waals surface area contributed by atoms with Crippen LogP contribution in [0.3, 0.4) is 0 Å². The summed E-state index contributed by atoms with van der Waals surface area (Å²) in [5.41, 5.74) is 0. The predicted molar refractivity (Wildman–Crippen MR) is 63.2 cm³/mol. The van der Waals surface area contributed by atoms with Crippen molar-refractivity contribution in [3.63, 3.8) is 0 Å². The zero-order valence-electron chi connectivity index (χ0n) is 8.77. The first-order valence-corrected chi connectivity index (χ1v) is 5.98. The summed E-state index contributed by atoms with van der Waals surface area (Å²) in [6.45, 7) is 0.416. The number of thiophene rings is 1. The predicted octanol–water partition coefficient (Wildman–Crippen LogP) is 2.34. The molecule has 0 spiro atoms. The second-order valence-electron chi connectivity index (χ2n) is 3.32. The average Bonchev–Trinajstić information content (AvgIpc) is 2.62. The lowest BCUT2D eigenvalue weighted by Gasteiger charge is -2.15. The fourth-order valence-corrected chi connectivity index (χ4v) is 2.32. The molecule has 0 aliphatic heterocycles. The molecule has 0 aromatic carbocycles. The van der Waals surface area contributed by atoms with Crippen molar-refractivity contribution in [1.82, 2.24) is 4.90 Å². The van der Waals surface area contributed by atoms with Gasteiger partial charge in [-0.25, -0.2) is 0 Å². The molecule has 0 saturated carbocycles. The lowest BCUT2D eigenvalue weighted by atomic mass is 10.3. The number of amides is 1. The third-order valence-corrected chi connectivity index (χ3v) is 3.37. The van der Waals surface area contributed by atoms with Crippen LogP contribution < -0.4 is 0 Å². The largest absolute Gasteiger partial charge is 0.481 e. The second kappa shape index (κ2) is 5.86. The monoisotopic (exact) mass is 261 g/mol. The van der Waals surface area contributed by atoms with Crippen LogP contribution in [0.4, 0.5) is 0 Å². The Kier molecular flexibility index (Phi) is 4.76. The van der Waals surface area contributed by atoms with Crippen molar-refractivity contribution in [2.24, 2.45) is 0 Å². The van der Waals surface area contributed by atoms with Gasteiger partial charge < -0.3 is 10.0 Å². The van der Waals surface area contributed by atoms with E-state index in [-0.39, 0.29) is 12.3 Å². The van der Waals surface area contributed by atoms with E-state index in [1.165, 1.54) is 16.2 Å². The quantitative estimate of drug-likeness (QED) is 0.885. The van der Waals surface area contributed by atoms with Gasteiger partial charge in [-0.15, -0.1) is 11.3 Å². The molecule has 0 aliphatic carbocycles. The molecule has 4 nitrogen and oxygen atoms in total. The van der Waals surface area contributed by atoms with Gasteiger partial charge in [-0.2, -0.15) is 0 Å². The SMILES string of the molecule is CN(CCCC(=O)O)C(=O)c1sccc1Cl. The number of carbonyl (C=O) groups is 2. The van der Waals surface area contributed by atoms with E-state index in [1.54, 1.807) is 18.5 Å². The number of rotatable bonds is 5. The number of carboxylic acid groups (broad SMARTS) is 1. The van der Waals surface area contributed by atoms with E-state index in [4.69, 9.17) is 16.7 Å². The van der Waals surface area contributed by atoms with E-state index < -0.39 is 5.97 Å². The summed E-state index contributed by atoms with van der Waals surface area (Å²) in [7, 11) is 1.64. The second-order valence-corrected chi connectivity index (χ2v) is 4.64. The summed E-state index contributed by atoms with van der Waals surface area (Å²) in [6.07, 6.45) is 0.510. The Bertz CT molecular complexity index is 391. The van der Waals surface area contributed by atoms with Crippen LogP contribution in [0.2, 0.25) is 5.02 Å². The molecule has 0 bridgehead atoms. The van der Waals surface area contributed by atoms with Crippen LogP contribution in [0.1, 0.15) is 22.5 Å². The molecule has 16 heavy (non-hydrogen) atoms. The van der Waals surface area contributed by atoms with E-state index >= 15 is 0 Å². The van der Waals surface area contributed by atoms with Gasteiger partial charge in [0.15, 0.2) is 0 Å². The van der Waals surface area contributed by atoms with Crippen LogP contribution in [0.5, 0.6) is 0 Å². The normalized spacial score (nSPS) is 10.1. The van der Waals surface area contributed by atoms with Gasteiger partial charge in [0.25, 0.3) is 5.91 Å². The number of aliphatic carboxylic acids is 1. The minimum atomic E-state index is -0.852. The van der Waals surface area contributed by atoms with Crippen molar-refractivity contribution < 1.29 is 14.7 Å². The molecule has 1 amide bonds. The standard InChI is InChI=1S/C10H12ClNO3S/c1-12(5-2-3-8(13)14)10(15)9-7(11)4-6-16-9/h4,6H,2-3,5H2,1H3,(H,13,14). The highest BCUT2D eigenvalue weighted by molar-refractivity contribution is 7.12. The van der Waals surface area contributed by atoms with Crippen LogP contribution >= 0.6 is 22.9 Å². The fourth-order valence-electron chi connectivity index (χ4n) is 1.19. The minimum Gasteiger partial charge on any atom is -0.481 e. The molecule has 0 saturated heterocycles. The molecule has 88 valence electrons. The molecule has 1 rings (SSSR count). The topological polar surface area (TPSA) is 57.6 Å². The molecule has 0 aliphatic rings. The first kappa shape index (κ1) is 13.0. The molecular weight excluding hydrogens is 250 g/mol. The Labute approximate surface area is 102 Å². The van der Waals surface area contributed by atoms with Crippen LogP contribution in [-0.4, -0.2) is 35.5 Å². The molecule has 6 heteroatoms. The molecule has 1 N–H and O–H groups in total. The Morgan fingerprint density at radius 3 is 2.75 bits per heavy atom. The summed E-state index contributed by atoms with van der Waals surface area (Å²) in [4.78, 5) is 24.1. The van der Waals surface area contributed by atoms with Crippen molar-refractivity contribution in [3.05, 3.63) is 21.3 Å². The van der Waals surface area contributed by atoms with Crippen molar-refractivity contribution in [2.75, 3.05) is 13.6 Å². The maximum atomic E-state index is 11.8. The lowest BCUT2D eigenvalue weighted by Crippen LogP contribution is -2.27. The van der Waals surface area contributed by atoms with Crippen molar-refractivity contribution >= 4 is 34.8 Å². The number of nitrogens with zero attached hydrogens (tertiary/aromatic N) is 1. The highest BCUT2D eigenvalue weighted by Crippen LogP contribution is 2.23. The first-order valence-electron chi connectivity index (χ1n) is 4.72. The lowest BCUT2D eigenvalue weighted by molar-refractivity contribution is -0.137. The Hall–Kier alpha value is -1.07. The summed E-state index contributed by atoms with van der Waals surface area (Å²) in [6, 6.07) is 1.67. The van der Waals surface area contributed by atoms with Gasteiger partial charge in [-0.05, 0) is 17.9 Å². The van der Waals surface area contributed by atoms with Gasteiger partial charge in [0.05, 0.1) is 5.02 Å². The summed E-state index contributed by atoms with van der Waals surface area (Å²) < 4.78 is 0. The van der Waals surface area contributed by atoms with E-state index in [1.807, 2.05) is 0 Å². The fraction of sp³-hybridized carbons (Fsp3) is 0.400. The first-order chi connectivity index (χ1) is 7.52. The molecule has 1 heterocycles. The van der Waals surface area contributed by atoms with Crippen LogP contribution in [0.15, 0.2) is 11.4 Å². The number of hydrogen-bond donors (Lipinski definition) is 1. The third-order valence-electron chi connectivity index (χ3n) is 2.04. The van der Waals surface area contributed by atoms with Crippen molar-refractivity contribution in [2.45, 2.75) is 12.8 Å². The average molecular weight is 262 g/mol. The smallest absolute Gasteiger partial charge is 0.303 e. The Balaban J connectivity index is 2.49. The molecule has 0 unspecified atom stereocenters. The van der Waals surface area contributed by atoms with Crippen molar-refractivity contribution in [3.8, 4) is 0 Å². The highest BCUT2D eigenvalue weighted by Gasteiger charge is 2.16. The molecule has 1 aromatic rings. The Morgan fingerprint density at radius 1 is 1.56 bits per heavy atom. The van der Waals surface area contributed by atoms with E-state index in [9.17, 15) is 9.59 Å². The summed E-state index contributed by atoms with van der Waals surface area (Å²) >= 11 is 7.12. The van der Waals surface area contributed by atoms with Gasteiger partial charge in [0.1, 0.15) is 4.88 Å². The zero-order valence-corrected chi connectivity index (χ0v) is 10.3. The summed E-state index contributed by atoms with van der Waals surface area (Å²) in [5, 5.41) is 10.7. The Morgan fingerprint density at radius 2 is 2.25 bits per heavy atom. The summed E-state index contributed by atoms with van der Waals surface area (Å²) in [5.74, 6) is -1.01. The van der Waals surface area contributed by atoms with Gasteiger partial charge in [-0.3, -0.25) is 9.59 Å².